The molecular formula is C12H18F3NO3. The van der Waals surface area contributed by atoms with E-state index in [1.54, 1.807) is 6.92 Å². The van der Waals surface area contributed by atoms with Gasteiger partial charge in [-0.25, -0.2) is 0 Å². The fourth-order valence-corrected chi connectivity index (χ4v) is 2.23. The number of ether oxygens (including phenoxy) is 1. The van der Waals surface area contributed by atoms with E-state index in [0.717, 1.165) is 0 Å². The molecule has 1 fully saturated rings. The van der Waals surface area contributed by atoms with Crippen molar-refractivity contribution in [1.82, 2.24) is 5.32 Å². The number of alkyl halides is 3. The van der Waals surface area contributed by atoms with Crippen molar-refractivity contribution in [3.8, 4) is 0 Å². The smallest absolute Gasteiger partial charge is 0.466 e. The molecule has 7 heteroatoms. The molecule has 1 amide bonds. The van der Waals surface area contributed by atoms with E-state index in [0.29, 0.717) is 38.7 Å². The van der Waals surface area contributed by atoms with Crippen LogP contribution >= 0.6 is 0 Å². The van der Waals surface area contributed by atoms with Crippen LogP contribution in [0.2, 0.25) is 0 Å². The van der Waals surface area contributed by atoms with E-state index in [9.17, 15) is 22.8 Å². The normalized spacial score (nSPS) is 23.8. The third-order valence-electron chi connectivity index (χ3n) is 3.20. The summed E-state index contributed by atoms with van der Waals surface area (Å²) in [5, 5.41) is 1.98. The third kappa shape index (κ3) is 5.48. The van der Waals surface area contributed by atoms with Crippen molar-refractivity contribution in [2.24, 2.45) is 5.92 Å². The van der Waals surface area contributed by atoms with Crippen LogP contribution in [-0.4, -0.2) is 30.7 Å². The molecule has 4 nitrogen and oxygen atoms in total. The zero-order chi connectivity index (χ0) is 14.5. The lowest BCUT2D eigenvalue weighted by Gasteiger charge is -2.28. The Kier molecular flexibility index (Phi) is 5.62. The van der Waals surface area contributed by atoms with Gasteiger partial charge in [-0.15, -0.1) is 0 Å². The summed E-state index contributed by atoms with van der Waals surface area (Å²) in [5.74, 6) is -2.02. The summed E-state index contributed by atoms with van der Waals surface area (Å²) in [6, 6.07) is -0.451. The van der Waals surface area contributed by atoms with Crippen molar-refractivity contribution in [3.63, 3.8) is 0 Å². The first kappa shape index (κ1) is 15.8. The molecule has 19 heavy (non-hydrogen) atoms. The van der Waals surface area contributed by atoms with Gasteiger partial charge in [0.05, 0.1) is 6.61 Å². The Bertz CT molecular complexity index is 323. The van der Waals surface area contributed by atoms with Crippen molar-refractivity contribution in [2.45, 2.75) is 51.2 Å². The summed E-state index contributed by atoms with van der Waals surface area (Å²) in [7, 11) is 0. The highest BCUT2D eigenvalue weighted by molar-refractivity contribution is 5.81. The Morgan fingerprint density at radius 1 is 1.21 bits per heavy atom. The molecule has 0 heterocycles. The van der Waals surface area contributed by atoms with Crippen LogP contribution in [0.15, 0.2) is 0 Å². The largest absolute Gasteiger partial charge is 0.471 e. The first-order chi connectivity index (χ1) is 8.82. The predicted octanol–water partition coefficient (Wildman–Crippen LogP) is 2.18. The van der Waals surface area contributed by atoms with Crippen molar-refractivity contribution >= 4 is 11.9 Å². The van der Waals surface area contributed by atoms with Crippen LogP contribution in [-0.2, 0) is 14.3 Å². The topological polar surface area (TPSA) is 55.4 Å². The molecule has 0 spiro atoms. The molecule has 0 saturated heterocycles. The monoisotopic (exact) mass is 281 g/mol. The highest BCUT2D eigenvalue weighted by Gasteiger charge is 2.40. The minimum atomic E-state index is -4.83. The molecule has 0 radical (unpaired) electrons. The van der Waals surface area contributed by atoms with Crippen LogP contribution in [0.1, 0.15) is 39.0 Å². The summed E-state index contributed by atoms with van der Waals surface area (Å²) < 4.78 is 41.0. The van der Waals surface area contributed by atoms with Crippen LogP contribution < -0.4 is 5.32 Å². The van der Waals surface area contributed by atoms with Crippen molar-refractivity contribution in [3.05, 3.63) is 0 Å². The van der Waals surface area contributed by atoms with Gasteiger partial charge in [0.15, 0.2) is 0 Å². The minimum absolute atomic E-state index is 0.137. The standard InChI is InChI=1S/C12H18F3NO3/c1-2-19-10(17)7-8-3-5-9(6-4-8)16-11(18)12(13,14)15/h8-9H,2-7H2,1H3,(H,16,18). The van der Waals surface area contributed by atoms with Gasteiger partial charge in [0.2, 0.25) is 0 Å². The van der Waals surface area contributed by atoms with E-state index in [-0.39, 0.29) is 11.9 Å². The molecule has 0 aliphatic heterocycles. The molecule has 0 unspecified atom stereocenters. The molecule has 0 atom stereocenters. The number of esters is 1. The third-order valence-corrected chi connectivity index (χ3v) is 3.20. The number of amides is 1. The lowest BCUT2D eigenvalue weighted by Crippen LogP contribution is -2.44. The van der Waals surface area contributed by atoms with E-state index >= 15 is 0 Å². The second-order valence-corrected chi connectivity index (χ2v) is 4.70. The highest BCUT2D eigenvalue weighted by Crippen LogP contribution is 2.28. The second kappa shape index (κ2) is 6.77. The molecule has 0 aromatic rings. The zero-order valence-corrected chi connectivity index (χ0v) is 10.8. The minimum Gasteiger partial charge on any atom is -0.466 e. The quantitative estimate of drug-likeness (QED) is 0.804. The fraction of sp³-hybridized carbons (Fsp3) is 0.833. The molecule has 0 bridgehead atoms. The Balaban J connectivity index is 2.29. The van der Waals surface area contributed by atoms with Gasteiger partial charge in [-0.2, -0.15) is 13.2 Å². The van der Waals surface area contributed by atoms with Crippen LogP contribution in [0.5, 0.6) is 0 Å². The molecule has 1 saturated carbocycles. The van der Waals surface area contributed by atoms with Crippen LogP contribution in [0.25, 0.3) is 0 Å². The number of halogens is 3. The molecule has 110 valence electrons. The number of hydrogen-bond acceptors (Lipinski definition) is 3. The molecule has 0 aromatic heterocycles. The molecule has 1 aliphatic carbocycles. The van der Waals surface area contributed by atoms with Crippen LogP contribution in [0, 0.1) is 5.92 Å². The van der Waals surface area contributed by atoms with Gasteiger partial charge < -0.3 is 10.1 Å². The summed E-state index contributed by atoms with van der Waals surface area (Å²) in [5.41, 5.74) is 0. The number of nitrogens with one attached hydrogen (secondary N) is 1. The van der Waals surface area contributed by atoms with E-state index in [2.05, 4.69) is 0 Å². The number of carbonyl (C=O) groups is 2. The van der Waals surface area contributed by atoms with Gasteiger partial charge in [-0.05, 0) is 38.5 Å². The van der Waals surface area contributed by atoms with Gasteiger partial charge in [0, 0.05) is 12.5 Å². The SMILES string of the molecule is CCOC(=O)CC1CCC(NC(=O)C(F)(F)F)CC1. The van der Waals surface area contributed by atoms with Gasteiger partial charge in [-0.1, -0.05) is 0 Å². The summed E-state index contributed by atoms with van der Waals surface area (Å²) in [6.07, 6.45) is -2.35. The summed E-state index contributed by atoms with van der Waals surface area (Å²) >= 11 is 0. The number of hydrogen-bond donors (Lipinski definition) is 1. The van der Waals surface area contributed by atoms with Gasteiger partial charge in [-0.3, -0.25) is 9.59 Å². The summed E-state index contributed by atoms with van der Waals surface area (Å²) in [4.78, 5) is 22.0. The van der Waals surface area contributed by atoms with E-state index < -0.39 is 18.1 Å². The Hall–Kier alpha value is -1.27. The lowest BCUT2D eigenvalue weighted by molar-refractivity contribution is -0.174. The molecule has 0 aromatic carbocycles. The molecule has 1 rings (SSSR count). The van der Waals surface area contributed by atoms with Crippen LogP contribution in [0.3, 0.4) is 0 Å². The molecular weight excluding hydrogens is 263 g/mol. The lowest BCUT2D eigenvalue weighted by atomic mass is 9.84. The highest BCUT2D eigenvalue weighted by atomic mass is 19.4. The summed E-state index contributed by atoms with van der Waals surface area (Å²) in [6.45, 7) is 2.05. The average molecular weight is 281 g/mol. The first-order valence-electron chi connectivity index (χ1n) is 6.36. The fourth-order valence-electron chi connectivity index (χ4n) is 2.23. The first-order valence-corrected chi connectivity index (χ1v) is 6.36. The molecule has 1 aliphatic rings. The van der Waals surface area contributed by atoms with Crippen molar-refractivity contribution < 1.29 is 27.5 Å². The van der Waals surface area contributed by atoms with Gasteiger partial charge in [0.1, 0.15) is 0 Å². The maximum Gasteiger partial charge on any atom is 0.471 e. The van der Waals surface area contributed by atoms with Crippen LogP contribution in [0.4, 0.5) is 13.2 Å². The Labute approximate surface area is 109 Å². The zero-order valence-electron chi connectivity index (χ0n) is 10.8. The number of rotatable bonds is 4. The average Bonchev–Trinajstić information content (AvgIpc) is 2.30. The van der Waals surface area contributed by atoms with E-state index in [1.807, 2.05) is 5.32 Å². The van der Waals surface area contributed by atoms with E-state index in [4.69, 9.17) is 4.74 Å². The van der Waals surface area contributed by atoms with Gasteiger partial charge in [0.25, 0.3) is 0 Å². The number of carbonyl (C=O) groups excluding carboxylic acids is 2. The Morgan fingerprint density at radius 2 is 1.79 bits per heavy atom. The Morgan fingerprint density at radius 3 is 2.26 bits per heavy atom. The van der Waals surface area contributed by atoms with Crippen molar-refractivity contribution in [2.75, 3.05) is 6.61 Å². The van der Waals surface area contributed by atoms with Gasteiger partial charge >= 0.3 is 18.1 Å². The maximum atomic E-state index is 12.1. The maximum absolute atomic E-state index is 12.1. The van der Waals surface area contributed by atoms with E-state index in [1.165, 1.54) is 0 Å². The second-order valence-electron chi connectivity index (χ2n) is 4.70. The molecule has 1 N–H and O–H groups in total. The predicted molar refractivity (Wildman–Crippen MR) is 61.2 cm³/mol. The van der Waals surface area contributed by atoms with Crippen molar-refractivity contribution in [1.29, 1.82) is 0 Å².